The number of ether oxygens (including phenoxy) is 2. The van der Waals surface area contributed by atoms with Gasteiger partial charge in [-0.15, -0.1) is 0 Å². The van der Waals surface area contributed by atoms with Crippen LogP contribution in [0, 0.1) is 0 Å². The molecular formula is C16H23NO3. The molecule has 0 bridgehead atoms. The molecule has 110 valence electrons. The van der Waals surface area contributed by atoms with Gasteiger partial charge in [0.25, 0.3) is 0 Å². The van der Waals surface area contributed by atoms with Gasteiger partial charge in [-0.25, -0.2) is 0 Å². The van der Waals surface area contributed by atoms with E-state index in [1.807, 2.05) is 30.3 Å². The lowest BCUT2D eigenvalue weighted by Crippen LogP contribution is -2.48. The highest BCUT2D eigenvalue weighted by molar-refractivity contribution is 5.80. The monoisotopic (exact) mass is 277 g/mol. The van der Waals surface area contributed by atoms with Crippen LogP contribution in [0.25, 0.3) is 0 Å². The van der Waals surface area contributed by atoms with E-state index < -0.39 is 5.54 Å². The molecule has 0 aromatic heterocycles. The Morgan fingerprint density at radius 3 is 2.35 bits per heavy atom. The molecule has 1 aromatic rings. The molecular weight excluding hydrogens is 254 g/mol. The zero-order chi connectivity index (χ0) is 14.3. The summed E-state index contributed by atoms with van der Waals surface area (Å²) in [4.78, 5) is 12.1. The Hall–Kier alpha value is -1.55. The smallest absolute Gasteiger partial charge is 0.326 e. The minimum atomic E-state index is -0.788. The van der Waals surface area contributed by atoms with Crippen molar-refractivity contribution >= 4 is 5.97 Å². The number of carbonyl (C=O) groups is 1. The van der Waals surface area contributed by atoms with Gasteiger partial charge in [0.05, 0.1) is 0 Å². The van der Waals surface area contributed by atoms with Crippen molar-refractivity contribution in [2.24, 2.45) is 5.73 Å². The van der Waals surface area contributed by atoms with Crippen LogP contribution in [-0.2, 0) is 9.53 Å². The van der Waals surface area contributed by atoms with Gasteiger partial charge in [0.2, 0.25) is 0 Å². The predicted molar refractivity (Wildman–Crippen MR) is 77.5 cm³/mol. The van der Waals surface area contributed by atoms with Gasteiger partial charge in [0, 0.05) is 0 Å². The highest BCUT2D eigenvalue weighted by Crippen LogP contribution is 2.26. The quantitative estimate of drug-likeness (QED) is 0.510. The van der Waals surface area contributed by atoms with Gasteiger partial charge in [-0.05, 0) is 25.0 Å². The molecule has 1 aliphatic rings. The molecule has 0 aliphatic heterocycles. The first-order valence-corrected chi connectivity index (χ1v) is 7.35. The standard InChI is InChI=1S/C16H23NO3/c17-16(10-6-1-2-7-11-16)15(18)20-13-12-19-14-8-4-3-5-9-14/h3-5,8-9H,1-2,6-7,10-13,17H2. The van der Waals surface area contributed by atoms with Crippen molar-refractivity contribution in [2.75, 3.05) is 13.2 Å². The SMILES string of the molecule is NC1(C(=O)OCCOc2ccccc2)CCCCCC1. The van der Waals surface area contributed by atoms with E-state index in [9.17, 15) is 4.79 Å². The Balaban J connectivity index is 1.71. The van der Waals surface area contributed by atoms with E-state index >= 15 is 0 Å². The number of carbonyl (C=O) groups excluding carboxylic acids is 1. The second-order valence-electron chi connectivity index (χ2n) is 5.37. The lowest BCUT2D eigenvalue weighted by molar-refractivity contribution is -0.151. The van der Waals surface area contributed by atoms with Gasteiger partial charge in [0.15, 0.2) is 0 Å². The zero-order valence-corrected chi connectivity index (χ0v) is 11.8. The maximum Gasteiger partial charge on any atom is 0.326 e. The van der Waals surface area contributed by atoms with Crippen molar-refractivity contribution in [2.45, 2.75) is 44.1 Å². The first-order valence-electron chi connectivity index (χ1n) is 7.35. The molecule has 0 saturated heterocycles. The van der Waals surface area contributed by atoms with Crippen LogP contribution in [0.2, 0.25) is 0 Å². The highest BCUT2D eigenvalue weighted by Gasteiger charge is 2.35. The minimum Gasteiger partial charge on any atom is -0.490 e. The van der Waals surface area contributed by atoms with E-state index in [1.165, 1.54) is 0 Å². The molecule has 20 heavy (non-hydrogen) atoms. The fraction of sp³-hybridized carbons (Fsp3) is 0.562. The van der Waals surface area contributed by atoms with Crippen molar-refractivity contribution in [3.05, 3.63) is 30.3 Å². The number of esters is 1. The van der Waals surface area contributed by atoms with Crippen molar-refractivity contribution in [3.8, 4) is 5.75 Å². The summed E-state index contributed by atoms with van der Waals surface area (Å²) in [6.45, 7) is 0.596. The summed E-state index contributed by atoms with van der Waals surface area (Å²) in [7, 11) is 0. The average Bonchev–Trinajstić information content (AvgIpc) is 2.70. The van der Waals surface area contributed by atoms with E-state index in [0.29, 0.717) is 6.61 Å². The Bertz CT molecular complexity index is 411. The Morgan fingerprint density at radius 2 is 1.70 bits per heavy atom. The number of rotatable bonds is 5. The first kappa shape index (κ1) is 14.9. The Morgan fingerprint density at radius 1 is 1.05 bits per heavy atom. The molecule has 0 spiro atoms. The van der Waals surface area contributed by atoms with Crippen LogP contribution in [0.4, 0.5) is 0 Å². The van der Waals surface area contributed by atoms with Gasteiger partial charge >= 0.3 is 5.97 Å². The van der Waals surface area contributed by atoms with Crippen LogP contribution in [-0.4, -0.2) is 24.7 Å². The molecule has 0 unspecified atom stereocenters. The van der Waals surface area contributed by atoms with Crippen LogP contribution < -0.4 is 10.5 Å². The van der Waals surface area contributed by atoms with Gasteiger partial charge in [-0.1, -0.05) is 43.9 Å². The van der Waals surface area contributed by atoms with Crippen LogP contribution >= 0.6 is 0 Å². The Kier molecular flexibility index (Phi) is 5.41. The van der Waals surface area contributed by atoms with E-state index in [1.54, 1.807) is 0 Å². The first-order chi connectivity index (χ1) is 9.71. The highest BCUT2D eigenvalue weighted by atomic mass is 16.6. The molecule has 1 aromatic carbocycles. The van der Waals surface area contributed by atoms with E-state index in [4.69, 9.17) is 15.2 Å². The number of hydrogen-bond acceptors (Lipinski definition) is 4. The number of hydrogen-bond donors (Lipinski definition) is 1. The molecule has 1 saturated carbocycles. The summed E-state index contributed by atoms with van der Waals surface area (Å²) in [5.41, 5.74) is 5.39. The number of benzene rings is 1. The largest absolute Gasteiger partial charge is 0.490 e. The zero-order valence-electron chi connectivity index (χ0n) is 11.8. The lowest BCUT2D eigenvalue weighted by atomic mass is 9.92. The number of nitrogens with two attached hydrogens (primary N) is 1. The summed E-state index contributed by atoms with van der Waals surface area (Å²) in [5, 5.41) is 0. The summed E-state index contributed by atoms with van der Waals surface area (Å²) >= 11 is 0. The fourth-order valence-corrected chi connectivity index (χ4v) is 2.52. The third kappa shape index (κ3) is 4.23. The molecule has 2 N–H and O–H groups in total. The maximum absolute atomic E-state index is 12.1. The molecule has 4 heteroatoms. The second kappa shape index (κ2) is 7.29. The van der Waals surface area contributed by atoms with Gasteiger partial charge in [0.1, 0.15) is 24.5 Å². The summed E-state index contributed by atoms with van der Waals surface area (Å²) in [6, 6.07) is 9.48. The fourth-order valence-electron chi connectivity index (χ4n) is 2.52. The summed E-state index contributed by atoms with van der Waals surface area (Å²) in [5.74, 6) is 0.497. The molecule has 1 aliphatic carbocycles. The second-order valence-corrected chi connectivity index (χ2v) is 5.37. The average molecular weight is 277 g/mol. The van der Waals surface area contributed by atoms with Crippen molar-refractivity contribution in [3.63, 3.8) is 0 Å². The molecule has 1 fully saturated rings. The summed E-state index contributed by atoms with van der Waals surface area (Å²) in [6.07, 6.45) is 5.78. The number of para-hydroxylation sites is 1. The summed E-state index contributed by atoms with van der Waals surface area (Å²) < 4.78 is 10.8. The minimum absolute atomic E-state index is 0.243. The van der Waals surface area contributed by atoms with Crippen LogP contribution in [0.1, 0.15) is 38.5 Å². The third-order valence-electron chi connectivity index (χ3n) is 3.73. The molecule has 0 heterocycles. The van der Waals surface area contributed by atoms with Gasteiger partial charge in [-0.2, -0.15) is 0 Å². The maximum atomic E-state index is 12.1. The molecule has 2 rings (SSSR count). The lowest BCUT2D eigenvalue weighted by Gasteiger charge is -2.25. The van der Waals surface area contributed by atoms with Crippen LogP contribution in [0.5, 0.6) is 5.75 Å². The van der Waals surface area contributed by atoms with E-state index in [0.717, 1.165) is 44.3 Å². The molecule has 0 amide bonds. The van der Waals surface area contributed by atoms with Crippen molar-refractivity contribution < 1.29 is 14.3 Å². The van der Waals surface area contributed by atoms with Crippen LogP contribution in [0.3, 0.4) is 0 Å². The predicted octanol–water partition coefficient (Wildman–Crippen LogP) is 2.66. The topological polar surface area (TPSA) is 61.6 Å². The molecule has 0 radical (unpaired) electrons. The third-order valence-corrected chi connectivity index (χ3v) is 3.73. The van der Waals surface area contributed by atoms with Gasteiger partial charge in [-0.3, -0.25) is 4.79 Å². The van der Waals surface area contributed by atoms with Gasteiger partial charge < -0.3 is 15.2 Å². The molecule has 4 nitrogen and oxygen atoms in total. The van der Waals surface area contributed by atoms with E-state index in [2.05, 4.69) is 0 Å². The normalized spacial score (nSPS) is 18.1. The van der Waals surface area contributed by atoms with Crippen molar-refractivity contribution in [1.82, 2.24) is 0 Å². The van der Waals surface area contributed by atoms with Crippen molar-refractivity contribution in [1.29, 1.82) is 0 Å². The van der Waals surface area contributed by atoms with Crippen LogP contribution in [0.15, 0.2) is 30.3 Å². The Labute approximate surface area is 120 Å². The van der Waals surface area contributed by atoms with E-state index in [-0.39, 0.29) is 12.6 Å². The molecule has 0 atom stereocenters.